The van der Waals surface area contributed by atoms with E-state index in [2.05, 4.69) is 27.7 Å². The number of hydrogen-bond acceptors (Lipinski definition) is 6. The van der Waals surface area contributed by atoms with E-state index in [-0.39, 0.29) is 12.3 Å². The highest BCUT2D eigenvalue weighted by atomic mass is 16.5. The minimum absolute atomic E-state index is 0.158. The number of carboxylic acid groups (broad SMARTS) is 1. The summed E-state index contributed by atoms with van der Waals surface area (Å²) in [4.78, 5) is 31.6. The lowest BCUT2D eigenvalue weighted by atomic mass is 10.1. The van der Waals surface area contributed by atoms with E-state index in [0.717, 1.165) is 73.6 Å². The Morgan fingerprint density at radius 1 is 1.02 bits per heavy atom. The van der Waals surface area contributed by atoms with Gasteiger partial charge in [0.2, 0.25) is 5.91 Å². The molecule has 0 unspecified atom stereocenters. The summed E-state index contributed by atoms with van der Waals surface area (Å²) in [6, 6.07) is 20.8. The summed E-state index contributed by atoms with van der Waals surface area (Å²) in [5.41, 5.74) is 4.37. The molecule has 0 saturated heterocycles. The van der Waals surface area contributed by atoms with Crippen molar-refractivity contribution in [1.29, 1.82) is 0 Å². The molecular formula is C33H42N4O4. The molecule has 2 aromatic carbocycles. The minimum atomic E-state index is -1.02. The van der Waals surface area contributed by atoms with Crippen molar-refractivity contribution in [3.05, 3.63) is 89.1 Å². The zero-order valence-electron chi connectivity index (χ0n) is 24.0. The van der Waals surface area contributed by atoms with Crippen LogP contribution in [0.2, 0.25) is 0 Å². The molecule has 4 rings (SSSR count). The van der Waals surface area contributed by atoms with Crippen LogP contribution in [0, 0.1) is 6.92 Å². The van der Waals surface area contributed by atoms with Crippen LogP contribution in [0.3, 0.4) is 0 Å². The average molecular weight is 559 g/mol. The van der Waals surface area contributed by atoms with Gasteiger partial charge >= 0.3 is 5.97 Å². The molecule has 8 heteroatoms. The lowest BCUT2D eigenvalue weighted by molar-refractivity contribution is -0.142. The number of fused-ring (bicyclic) bond motifs is 1. The summed E-state index contributed by atoms with van der Waals surface area (Å²) in [5, 5.41) is 15.9. The van der Waals surface area contributed by atoms with E-state index in [1.54, 1.807) is 0 Å². The molecule has 1 aliphatic heterocycles. The van der Waals surface area contributed by atoms with Crippen molar-refractivity contribution in [1.82, 2.24) is 15.2 Å². The van der Waals surface area contributed by atoms with Crippen LogP contribution in [0.25, 0.3) is 0 Å². The van der Waals surface area contributed by atoms with Gasteiger partial charge in [0.1, 0.15) is 24.2 Å². The molecule has 0 aliphatic carbocycles. The Labute approximate surface area is 243 Å². The fourth-order valence-corrected chi connectivity index (χ4v) is 5.00. The van der Waals surface area contributed by atoms with Crippen molar-refractivity contribution in [2.24, 2.45) is 0 Å². The normalized spacial score (nSPS) is 13.2. The number of anilines is 1. The van der Waals surface area contributed by atoms with Gasteiger partial charge in [-0.3, -0.25) is 9.69 Å². The maximum atomic E-state index is 12.6. The molecule has 218 valence electrons. The SMILES string of the molecule is Cc1ccc(CC(=O)N[C@@H](CCN(CCCCc2ccc3c(n2)NCCC3)CCOc2ccccc2)C(=O)O)cc1. The third-order valence-electron chi connectivity index (χ3n) is 7.38. The van der Waals surface area contributed by atoms with Gasteiger partial charge in [0, 0.05) is 25.3 Å². The first kappa shape index (κ1) is 30.1. The zero-order chi connectivity index (χ0) is 28.9. The van der Waals surface area contributed by atoms with Crippen LogP contribution in [0.15, 0.2) is 66.7 Å². The van der Waals surface area contributed by atoms with Gasteiger partial charge in [-0.1, -0.05) is 54.1 Å². The third-order valence-corrected chi connectivity index (χ3v) is 7.38. The molecule has 2 heterocycles. The molecular weight excluding hydrogens is 516 g/mol. The van der Waals surface area contributed by atoms with E-state index < -0.39 is 12.0 Å². The Hall–Kier alpha value is -3.91. The number of pyridine rings is 1. The quantitative estimate of drug-likeness (QED) is 0.220. The lowest BCUT2D eigenvalue weighted by Crippen LogP contribution is -2.44. The molecule has 0 fully saturated rings. The van der Waals surface area contributed by atoms with Crippen molar-refractivity contribution in [2.75, 3.05) is 38.1 Å². The molecule has 0 radical (unpaired) electrons. The van der Waals surface area contributed by atoms with E-state index in [1.165, 1.54) is 5.56 Å². The molecule has 0 spiro atoms. The second-order valence-corrected chi connectivity index (χ2v) is 10.7. The third kappa shape index (κ3) is 10.2. The Balaban J connectivity index is 1.28. The van der Waals surface area contributed by atoms with Crippen LogP contribution >= 0.6 is 0 Å². The summed E-state index contributed by atoms with van der Waals surface area (Å²) in [5.74, 6) is 0.533. The fourth-order valence-electron chi connectivity index (χ4n) is 5.00. The van der Waals surface area contributed by atoms with Crippen LogP contribution in [0.4, 0.5) is 5.82 Å². The fraction of sp³-hybridized carbons (Fsp3) is 0.424. The molecule has 3 N–H and O–H groups in total. The number of carboxylic acids is 1. The smallest absolute Gasteiger partial charge is 0.326 e. The number of aromatic nitrogens is 1. The van der Waals surface area contributed by atoms with E-state index in [4.69, 9.17) is 9.72 Å². The highest BCUT2D eigenvalue weighted by Gasteiger charge is 2.21. The van der Waals surface area contributed by atoms with Crippen molar-refractivity contribution in [2.45, 2.75) is 57.9 Å². The topological polar surface area (TPSA) is 104 Å². The molecule has 41 heavy (non-hydrogen) atoms. The van der Waals surface area contributed by atoms with Crippen molar-refractivity contribution in [3.8, 4) is 5.75 Å². The number of hydrogen-bond donors (Lipinski definition) is 3. The number of amides is 1. The van der Waals surface area contributed by atoms with Gasteiger partial charge in [-0.15, -0.1) is 0 Å². The Kier molecular flexibility index (Phi) is 11.6. The first-order valence-corrected chi connectivity index (χ1v) is 14.7. The monoisotopic (exact) mass is 558 g/mol. The van der Waals surface area contributed by atoms with Gasteiger partial charge in [0.25, 0.3) is 0 Å². The molecule has 0 bridgehead atoms. The summed E-state index contributed by atoms with van der Waals surface area (Å²) in [6.07, 6.45) is 5.54. The van der Waals surface area contributed by atoms with Crippen LogP contribution in [0.1, 0.15) is 48.1 Å². The molecule has 0 saturated carbocycles. The predicted octanol–water partition coefficient (Wildman–Crippen LogP) is 4.65. The van der Waals surface area contributed by atoms with Crippen molar-refractivity contribution < 1.29 is 19.4 Å². The molecule has 1 aliphatic rings. The molecule has 1 aromatic heterocycles. The summed E-state index contributed by atoms with van der Waals surface area (Å²) < 4.78 is 5.91. The van der Waals surface area contributed by atoms with E-state index >= 15 is 0 Å². The van der Waals surface area contributed by atoms with Gasteiger partial charge < -0.3 is 20.5 Å². The number of carbonyl (C=O) groups is 2. The predicted molar refractivity (Wildman–Crippen MR) is 161 cm³/mol. The molecule has 8 nitrogen and oxygen atoms in total. The van der Waals surface area contributed by atoms with E-state index in [0.29, 0.717) is 26.1 Å². The second-order valence-electron chi connectivity index (χ2n) is 10.7. The number of carbonyl (C=O) groups excluding carboxylic acids is 1. The van der Waals surface area contributed by atoms with Crippen LogP contribution in [-0.2, 0) is 28.9 Å². The minimum Gasteiger partial charge on any atom is -0.492 e. The maximum Gasteiger partial charge on any atom is 0.326 e. The Morgan fingerprint density at radius 3 is 2.61 bits per heavy atom. The largest absolute Gasteiger partial charge is 0.492 e. The number of ether oxygens (including phenoxy) is 1. The highest BCUT2D eigenvalue weighted by molar-refractivity contribution is 5.84. The van der Waals surface area contributed by atoms with Gasteiger partial charge in [-0.2, -0.15) is 0 Å². The first-order valence-electron chi connectivity index (χ1n) is 14.7. The number of nitrogens with zero attached hydrogens (tertiary/aromatic N) is 2. The lowest BCUT2D eigenvalue weighted by Gasteiger charge is -2.24. The van der Waals surface area contributed by atoms with Crippen molar-refractivity contribution in [3.63, 3.8) is 0 Å². The number of aliphatic carboxylic acids is 1. The number of rotatable bonds is 16. The number of benzene rings is 2. The highest BCUT2D eigenvalue weighted by Crippen LogP contribution is 2.20. The van der Waals surface area contributed by atoms with Crippen LogP contribution in [0.5, 0.6) is 5.75 Å². The second kappa shape index (κ2) is 15.8. The Bertz CT molecular complexity index is 1250. The van der Waals surface area contributed by atoms with E-state index in [1.807, 2.05) is 61.5 Å². The maximum absolute atomic E-state index is 12.6. The van der Waals surface area contributed by atoms with Gasteiger partial charge in [0.15, 0.2) is 0 Å². The number of unbranched alkanes of at least 4 members (excludes halogenated alkanes) is 1. The number of para-hydroxylation sites is 1. The van der Waals surface area contributed by atoms with E-state index in [9.17, 15) is 14.7 Å². The number of nitrogens with one attached hydrogen (secondary N) is 2. The Morgan fingerprint density at radius 2 is 1.83 bits per heavy atom. The van der Waals surface area contributed by atoms with Gasteiger partial charge in [-0.25, -0.2) is 9.78 Å². The summed E-state index contributed by atoms with van der Waals surface area (Å²) >= 11 is 0. The molecule has 1 amide bonds. The first-order chi connectivity index (χ1) is 20.0. The number of aryl methyl sites for hydroxylation is 3. The molecule has 3 aromatic rings. The van der Waals surface area contributed by atoms with Crippen molar-refractivity contribution >= 4 is 17.7 Å². The van der Waals surface area contributed by atoms with Crippen LogP contribution in [-0.4, -0.2) is 65.7 Å². The van der Waals surface area contributed by atoms with Gasteiger partial charge in [-0.05, 0) is 81.3 Å². The summed E-state index contributed by atoms with van der Waals surface area (Å²) in [7, 11) is 0. The zero-order valence-corrected chi connectivity index (χ0v) is 24.0. The standard InChI is InChI=1S/C33H42N4O4/c1-25-12-14-26(15-13-25)24-31(38)36-30(33(39)40)18-21-37(22-23-41-29-10-3-2-4-11-29)20-6-5-9-28-17-16-27-8-7-19-34-32(27)35-28/h2-4,10-17,30H,5-9,18-24H2,1H3,(H,34,35)(H,36,38)(H,39,40)/t30-/m0/s1. The summed E-state index contributed by atoms with van der Waals surface area (Å²) in [6.45, 7) is 5.49. The van der Waals surface area contributed by atoms with Gasteiger partial charge in [0.05, 0.1) is 6.42 Å². The molecule has 1 atom stereocenters. The van der Waals surface area contributed by atoms with Crippen LogP contribution < -0.4 is 15.4 Å². The average Bonchev–Trinajstić information content (AvgIpc) is 2.98.